The summed E-state index contributed by atoms with van der Waals surface area (Å²) in [7, 11) is 0. The molecule has 0 unspecified atom stereocenters. The maximum atomic E-state index is 7.95. The number of anilines is 1. The minimum Gasteiger partial charge on any atom is -0.375 e. The second kappa shape index (κ2) is 3.05. The van der Waals surface area contributed by atoms with Crippen LogP contribution in [0.2, 0.25) is 0 Å². The van der Waals surface area contributed by atoms with Crippen molar-refractivity contribution in [3.8, 4) is 0 Å². The van der Waals surface area contributed by atoms with Gasteiger partial charge in [0.2, 0.25) is 0 Å². The first kappa shape index (κ1) is 6.85. The summed E-state index contributed by atoms with van der Waals surface area (Å²) in [5.74, 6) is 0. The smallest absolute Gasteiger partial charge is 0.180 e. The monoisotopic (exact) mass is 155 g/mol. The zero-order valence-corrected chi connectivity index (χ0v) is 5.88. The molecule has 0 aromatic carbocycles. The van der Waals surface area contributed by atoms with Crippen LogP contribution in [0, 0.1) is 0 Å². The summed E-state index contributed by atoms with van der Waals surface area (Å²) < 4.78 is 0. The third kappa shape index (κ3) is 1.61. The number of rotatable bonds is 2. The van der Waals surface area contributed by atoms with E-state index in [1.165, 1.54) is 11.3 Å². The molecule has 6 heteroatoms. The molecule has 0 bridgehead atoms. The van der Waals surface area contributed by atoms with Gasteiger partial charge in [0.1, 0.15) is 0 Å². The molecule has 0 saturated heterocycles. The van der Waals surface area contributed by atoms with Crippen molar-refractivity contribution in [2.45, 2.75) is 6.54 Å². The molecule has 52 valence electrons. The van der Waals surface area contributed by atoms with E-state index in [1.54, 1.807) is 6.20 Å². The molecule has 1 rings (SSSR count). The lowest BCUT2D eigenvalue weighted by molar-refractivity contribution is 1.07. The van der Waals surface area contributed by atoms with Crippen LogP contribution in [0.4, 0.5) is 5.13 Å². The Morgan fingerprint density at radius 2 is 2.70 bits per heavy atom. The van der Waals surface area contributed by atoms with E-state index in [9.17, 15) is 0 Å². The van der Waals surface area contributed by atoms with Gasteiger partial charge in [-0.05, 0) is 5.53 Å². The third-order valence-electron chi connectivity index (χ3n) is 0.861. The zero-order valence-electron chi connectivity index (χ0n) is 5.06. The van der Waals surface area contributed by atoms with E-state index in [2.05, 4.69) is 15.0 Å². The van der Waals surface area contributed by atoms with E-state index >= 15 is 0 Å². The molecule has 5 nitrogen and oxygen atoms in total. The second-order valence-corrected chi connectivity index (χ2v) is 2.70. The molecule has 10 heavy (non-hydrogen) atoms. The standard InChI is InChI=1S/C4H5N5S/c5-4-7-1-3(10-4)2-8-9-6/h1H,2H2,(H2,5,7). The fourth-order valence-electron chi connectivity index (χ4n) is 0.497. The Labute approximate surface area is 61.1 Å². The molecule has 0 aliphatic heterocycles. The van der Waals surface area contributed by atoms with Crippen molar-refractivity contribution in [1.29, 1.82) is 0 Å². The first-order chi connectivity index (χ1) is 4.83. The number of hydrogen-bond donors (Lipinski definition) is 1. The van der Waals surface area contributed by atoms with Gasteiger partial charge in [0, 0.05) is 16.0 Å². The van der Waals surface area contributed by atoms with Crippen molar-refractivity contribution in [1.82, 2.24) is 4.98 Å². The highest BCUT2D eigenvalue weighted by Gasteiger charge is 1.94. The molecule has 1 aromatic heterocycles. The summed E-state index contributed by atoms with van der Waals surface area (Å²) in [6.07, 6.45) is 1.61. The molecule has 0 saturated carbocycles. The molecule has 1 heterocycles. The number of azide groups is 1. The first-order valence-electron chi connectivity index (χ1n) is 2.54. The van der Waals surface area contributed by atoms with Crippen molar-refractivity contribution in [2.75, 3.05) is 5.73 Å². The quantitative estimate of drug-likeness (QED) is 0.398. The highest BCUT2D eigenvalue weighted by Crippen LogP contribution is 2.14. The van der Waals surface area contributed by atoms with Gasteiger partial charge < -0.3 is 5.73 Å². The van der Waals surface area contributed by atoms with Crippen molar-refractivity contribution >= 4 is 16.5 Å². The van der Waals surface area contributed by atoms with Gasteiger partial charge in [-0.2, -0.15) is 0 Å². The second-order valence-electron chi connectivity index (χ2n) is 1.55. The van der Waals surface area contributed by atoms with Crippen LogP contribution in [0.25, 0.3) is 10.4 Å². The van der Waals surface area contributed by atoms with Crippen LogP contribution in [0.15, 0.2) is 11.3 Å². The SMILES string of the molecule is [N-]=[N+]=NCc1cnc(N)s1. The zero-order chi connectivity index (χ0) is 7.40. The van der Waals surface area contributed by atoms with Crippen molar-refractivity contribution < 1.29 is 0 Å². The highest BCUT2D eigenvalue weighted by atomic mass is 32.1. The summed E-state index contributed by atoms with van der Waals surface area (Å²) in [6.45, 7) is 0.339. The Morgan fingerprint density at radius 3 is 3.20 bits per heavy atom. The minimum atomic E-state index is 0.339. The van der Waals surface area contributed by atoms with Gasteiger partial charge in [-0.25, -0.2) is 4.98 Å². The van der Waals surface area contributed by atoms with E-state index in [0.29, 0.717) is 11.7 Å². The Kier molecular flexibility index (Phi) is 2.09. The number of nitrogens with zero attached hydrogens (tertiary/aromatic N) is 4. The molecule has 2 N–H and O–H groups in total. The highest BCUT2D eigenvalue weighted by molar-refractivity contribution is 7.15. The van der Waals surface area contributed by atoms with Gasteiger partial charge in [0.25, 0.3) is 0 Å². The van der Waals surface area contributed by atoms with Crippen LogP contribution in [-0.4, -0.2) is 4.98 Å². The topological polar surface area (TPSA) is 87.7 Å². The normalized spacial score (nSPS) is 8.80. The van der Waals surface area contributed by atoms with Crippen molar-refractivity contribution in [3.05, 3.63) is 21.5 Å². The molecule has 0 spiro atoms. The molecule has 1 aromatic rings. The van der Waals surface area contributed by atoms with E-state index in [1.807, 2.05) is 0 Å². The van der Waals surface area contributed by atoms with E-state index < -0.39 is 0 Å². The Bertz CT molecular complexity index is 260. The third-order valence-corrected chi connectivity index (χ3v) is 1.67. The van der Waals surface area contributed by atoms with Gasteiger partial charge in [0.05, 0.1) is 6.54 Å². The van der Waals surface area contributed by atoms with Gasteiger partial charge in [0.15, 0.2) is 5.13 Å². The first-order valence-corrected chi connectivity index (χ1v) is 3.35. The fourth-order valence-corrected chi connectivity index (χ4v) is 1.10. The number of nitrogen functional groups attached to an aromatic ring is 1. The minimum absolute atomic E-state index is 0.339. The molecule has 0 fully saturated rings. The molecule has 0 atom stereocenters. The Balaban J connectivity index is 2.66. The van der Waals surface area contributed by atoms with E-state index in [-0.39, 0.29) is 0 Å². The van der Waals surface area contributed by atoms with Crippen molar-refractivity contribution in [2.24, 2.45) is 5.11 Å². The predicted molar refractivity (Wildman–Crippen MR) is 39.4 cm³/mol. The van der Waals surface area contributed by atoms with E-state index in [4.69, 9.17) is 11.3 Å². The van der Waals surface area contributed by atoms with Gasteiger partial charge in [-0.3, -0.25) is 0 Å². The maximum absolute atomic E-state index is 7.95. The Hall–Kier alpha value is -1.26. The van der Waals surface area contributed by atoms with Crippen LogP contribution in [0.5, 0.6) is 0 Å². The summed E-state index contributed by atoms with van der Waals surface area (Å²) in [5.41, 5.74) is 13.3. The molecular weight excluding hydrogens is 150 g/mol. The van der Waals surface area contributed by atoms with E-state index in [0.717, 1.165) is 4.88 Å². The predicted octanol–water partition coefficient (Wildman–Crippen LogP) is 1.54. The lowest BCUT2D eigenvalue weighted by Gasteiger charge is -1.79. The molecule has 0 aliphatic rings. The lowest BCUT2D eigenvalue weighted by Crippen LogP contribution is -1.77. The van der Waals surface area contributed by atoms with Crippen molar-refractivity contribution in [3.63, 3.8) is 0 Å². The summed E-state index contributed by atoms with van der Waals surface area (Å²) >= 11 is 1.33. The number of thiazole rings is 1. The average Bonchev–Trinajstić information content (AvgIpc) is 2.31. The number of hydrogen-bond acceptors (Lipinski definition) is 4. The summed E-state index contributed by atoms with van der Waals surface area (Å²) in [5, 5.41) is 3.85. The molecule has 0 radical (unpaired) electrons. The van der Waals surface area contributed by atoms with Crippen LogP contribution in [0.1, 0.15) is 4.88 Å². The fraction of sp³-hybridized carbons (Fsp3) is 0.250. The lowest BCUT2D eigenvalue weighted by atomic mass is 10.6. The van der Waals surface area contributed by atoms with Crippen LogP contribution < -0.4 is 5.73 Å². The van der Waals surface area contributed by atoms with Crippen LogP contribution in [-0.2, 0) is 6.54 Å². The molecule has 0 amide bonds. The van der Waals surface area contributed by atoms with Gasteiger partial charge in [-0.15, -0.1) is 11.3 Å². The Morgan fingerprint density at radius 1 is 1.90 bits per heavy atom. The number of nitrogens with two attached hydrogens (primary N) is 1. The average molecular weight is 155 g/mol. The number of aromatic nitrogens is 1. The molecular formula is C4H5N5S. The molecule has 0 aliphatic carbocycles. The largest absolute Gasteiger partial charge is 0.375 e. The van der Waals surface area contributed by atoms with Gasteiger partial charge in [-0.1, -0.05) is 5.11 Å². The van der Waals surface area contributed by atoms with Gasteiger partial charge >= 0.3 is 0 Å². The van der Waals surface area contributed by atoms with Crippen LogP contribution in [0.3, 0.4) is 0 Å². The maximum Gasteiger partial charge on any atom is 0.180 e. The summed E-state index contributed by atoms with van der Waals surface area (Å²) in [4.78, 5) is 7.27. The summed E-state index contributed by atoms with van der Waals surface area (Å²) in [6, 6.07) is 0. The van der Waals surface area contributed by atoms with Crippen LogP contribution >= 0.6 is 11.3 Å².